The highest BCUT2D eigenvalue weighted by atomic mass is 16.5. The van der Waals surface area contributed by atoms with E-state index < -0.39 is 0 Å². The topological polar surface area (TPSA) is 93.0 Å². The smallest absolute Gasteiger partial charge is 0.221 e. The number of carbonyl (C=O) groups excluding carboxylic acids is 1. The molecule has 0 saturated heterocycles. The second-order valence-electron chi connectivity index (χ2n) is 4.19. The molecule has 0 spiro atoms. The summed E-state index contributed by atoms with van der Waals surface area (Å²) >= 11 is 0. The number of hydrogen-bond donors (Lipinski definition) is 3. The number of benzene rings is 1. The van der Waals surface area contributed by atoms with E-state index in [4.69, 9.17) is 10.5 Å². The second kappa shape index (κ2) is 5.01. The van der Waals surface area contributed by atoms with Crippen LogP contribution >= 0.6 is 0 Å². The van der Waals surface area contributed by atoms with Crippen molar-refractivity contribution in [1.82, 2.24) is 9.97 Å². The Balaban J connectivity index is 2.53. The first kappa shape index (κ1) is 12.9. The van der Waals surface area contributed by atoms with Crippen LogP contribution in [0.4, 0.5) is 11.6 Å². The van der Waals surface area contributed by atoms with Gasteiger partial charge in [0.05, 0.1) is 12.8 Å². The van der Waals surface area contributed by atoms with Gasteiger partial charge in [0.15, 0.2) is 5.95 Å². The number of amides is 1. The zero-order chi connectivity index (χ0) is 14.0. The number of ether oxygens (including phenoxy) is 1. The summed E-state index contributed by atoms with van der Waals surface area (Å²) in [6.07, 6.45) is 0. The first-order valence-corrected chi connectivity index (χ1v) is 5.79. The third-order valence-corrected chi connectivity index (χ3v) is 2.68. The SMILES string of the molecule is COc1ccc(NC(C)=O)cc1-c1nc(N)[nH]c1C. The number of H-pyrrole nitrogens is 1. The van der Waals surface area contributed by atoms with E-state index in [9.17, 15) is 4.79 Å². The van der Waals surface area contributed by atoms with Gasteiger partial charge >= 0.3 is 0 Å². The maximum atomic E-state index is 11.1. The summed E-state index contributed by atoms with van der Waals surface area (Å²) < 4.78 is 5.32. The van der Waals surface area contributed by atoms with Gasteiger partial charge in [-0.2, -0.15) is 0 Å². The fourth-order valence-corrected chi connectivity index (χ4v) is 1.92. The van der Waals surface area contributed by atoms with Crippen LogP contribution in [0.15, 0.2) is 18.2 Å². The highest BCUT2D eigenvalue weighted by molar-refractivity contribution is 5.90. The number of aryl methyl sites for hydroxylation is 1. The van der Waals surface area contributed by atoms with Crippen molar-refractivity contribution in [3.8, 4) is 17.0 Å². The second-order valence-corrected chi connectivity index (χ2v) is 4.19. The summed E-state index contributed by atoms with van der Waals surface area (Å²) in [5.41, 5.74) is 8.66. The Kier molecular flexibility index (Phi) is 3.41. The predicted octanol–water partition coefficient (Wildman–Crippen LogP) is 1.93. The minimum atomic E-state index is -0.130. The quantitative estimate of drug-likeness (QED) is 0.786. The van der Waals surface area contributed by atoms with E-state index in [2.05, 4.69) is 15.3 Å². The molecule has 2 rings (SSSR count). The van der Waals surface area contributed by atoms with Crippen LogP contribution in [0.3, 0.4) is 0 Å². The lowest BCUT2D eigenvalue weighted by atomic mass is 10.1. The molecule has 6 heteroatoms. The molecule has 0 unspecified atom stereocenters. The number of aromatic amines is 1. The molecule has 0 aliphatic heterocycles. The van der Waals surface area contributed by atoms with Crippen molar-refractivity contribution in [2.75, 3.05) is 18.2 Å². The van der Waals surface area contributed by atoms with Crippen molar-refractivity contribution in [3.63, 3.8) is 0 Å². The van der Waals surface area contributed by atoms with Gasteiger partial charge in [-0.05, 0) is 25.1 Å². The van der Waals surface area contributed by atoms with Gasteiger partial charge in [-0.15, -0.1) is 0 Å². The van der Waals surface area contributed by atoms with E-state index in [0.29, 0.717) is 23.1 Å². The van der Waals surface area contributed by atoms with Gasteiger partial charge in [-0.3, -0.25) is 4.79 Å². The third kappa shape index (κ3) is 2.67. The molecular weight excluding hydrogens is 244 g/mol. The first-order chi connectivity index (χ1) is 9.01. The summed E-state index contributed by atoms with van der Waals surface area (Å²) in [5.74, 6) is 0.887. The lowest BCUT2D eigenvalue weighted by molar-refractivity contribution is -0.114. The van der Waals surface area contributed by atoms with Crippen LogP contribution in [0.1, 0.15) is 12.6 Å². The molecule has 0 bridgehead atoms. The highest BCUT2D eigenvalue weighted by Gasteiger charge is 2.13. The molecule has 1 heterocycles. The molecule has 100 valence electrons. The van der Waals surface area contributed by atoms with Crippen LogP contribution in [0.2, 0.25) is 0 Å². The fraction of sp³-hybridized carbons (Fsp3) is 0.231. The summed E-state index contributed by atoms with van der Waals surface area (Å²) in [4.78, 5) is 18.3. The van der Waals surface area contributed by atoms with Crippen molar-refractivity contribution in [1.29, 1.82) is 0 Å². The number of rotatable bonds is 3. The van der Waals surface area contributed by atoms with E-state index in [0.717, 1.165) is 11.3 Å². The van der Waals surface area contributed by atoms with Crippen LogP contribution in [0.5, 0.6) is 5.75 Å². The molecule has 1 aromatic carbocycles. The van der Waals surface area contributed by atoms with Crippen LogP contribution in [0.25, 0.3) is 11.3 Å². The molecule has 0 aliphatic rings. The Labute approximate surface area is 111 Å². The molecule has 4 N–H and O–H groups in total. The average molecular weight is 260 g/mol. The number of methoxy groups -OCH3 is 1. The number of carbonyl (C=O) groups is 1. The van der Waals surface area contributed by atoms with E-state index in [1.165, 1.54) is 6.92 Å². The minimum Gasteiger partial charge on any atom is -0.496 e. The van der Waals surface area contributed by atoms with Crippen LogP contribution in [-0.4, -0.2) is 23.0 Å². The molecular formula is C13H16N4O2. The number of nitrogens with two attached hydrogens (primary N) is 1. The predicted molar refractivity (Wildman–Crippen MR) is 74.0 cm³/mol. The maximum absolute atomic E-state index is 11.1. The number of nitrogens with zero attached hydrogens (tertiary/aromatic N) is 1. The van der Waals surface area contributed by atoms with Crippen LogP contribution in [0, 0.1) is 6.92 Å². The Morgan fingerprint density at radius 3 is 2.74 bits per heavy atom. The van der Waals surface area contributed by atoms with Crippen molar-refractivity contribution in [2.24, 2.45) is 0 Å². The largest absolute Gasteiger partial charge is 0.496 e. The van der Waals surface area contributed by atoms with Gasteiger partial charge in [-0.1, -0.05) is 0 Å². The lowest BCUT2D eigenvalue weighted by Crippen LogP contribution is -2.06. The van der Waals surface area contributed by atoms with E-state index in [-0.39, 0.29) is 5.91 Å². The van der Waals surface area contributed by atoms with Gasteiger partial charge < -0.3 is 20.8 Å². The van der Waals surface area contributed by atoms with Crippen molar-refractivity contribution in [3.05, 3.63) is 23.9 Å². The lowest BCUT2D eigenvalue weighted by Gasteiger charge is -2.10. The summed E-state index contributed by atoms with van der Waals surface area (Å²) in [5, 5.41) is 2.73. The molecule has 6 nitrogen and oxygen atoms in total. The monoisotopic (exact) mass is 260 g/mol. The number of nitrogen functional groups attached to an aromatic ring is 1. The zero-order valence-electron chi connectivity index (χ0n) is 11.1. The zero-order valence-corrected chi connectivity index (χ0v) is 11.1. The van der Waals surface area contributed by atoms with Gasteiger partial charge in [0, 0.05) is 23.9 Å². The number of anilines is 2. The number of nitrogens with one attached hydrogen (secondary N) is 2. The number of hydrogen-bond acceptors (Lipinski definition) is 4. The molecule has 19 heavy (non-hydrogen) atoms. The van der Waals surface area contributed by atoms with E-state index in [1.807, 2.05) is 13.0 Å². The third-order valence-electron chi connectivity index (χ3n) is 2.68. The molecule has 2 aromatic rings. The maximum Gasteiger partial charge on any atom is 0.221 e. The Morgan fingerprint density at radius 1 is 1.47 bits per heavy atom. The standard InChI is InChI=1S/C13H16N4O2/c1-7-12(17-13(14)15-7)10-6-9(16-8(2)18)4-5-11(10)19-3/h4-6H,1-3H3,(H,16,18)(H3,14,15,17). The minimum absolute atomic E-state index is 0.130. The average Bonchev–Trinajstić information content (AvgIpc) is 2.67. The molecule has 0 saturated carbocycles. The van der Waals surface area contributed by atoms with Gasteiger partial charge in [0.2, 0.25) is 5.91 Å². The molecule has 0 fully saturated rings. The molecule has 1 aromatic heterocycles. The number of imidazole rings is 1. The Hall–Kier alpha value is -2.50. The normalized spacial score (nSPS) is 10.3. The molecule has 0 atom stereocenters. The summed E-state index contributed by atoms with van der Waals surface area (Å²) in [6.45, 7) is 3.34. The van der Waals surface area contributed by atoms with E-state index >= 15 is 0 Å². The Bertz CT molecular complexity index is 619. The summed E-state index contributed by atoms with van der Waals surface area (Å²) in [7, 11) is 1.59. The van der Waals surface area contributed by atoms with Crippen molar-refractivity contribution in [2.45, 2.75) is 13.8 Å². The number of aromatic nitrogens is 2. The van der Waals surface area contributed by atoms with Gasteiger partial charge in [0.1, 0.15) is 5.75 Å². The van der Waals surface area contributed by atoms with Gasteiger partial charge in [0.25, 0.3) is 0 Å². The van der Waals surface area contributed by atoms with Crippen LogP contribution < -0.4 is 15.8 Å². The van der Waals surface area contributed by atoms with Gasteiger partial charge in [-0.25, -0.2) is 4.98 Å². The Morgan fingerprint density at radius 2 is 2.21 bits per heavy atom. The first-order valence-electron chi connectivity index (χ1n) is 5.79. The van der Waals surface area contributed by atoms with Crippen molar-refractivity contribution < 1.29 is 9.53 Å². The molecule has 0 radical (unpaired) electrons. The van der Waals surface area contributed by atoms with Crippen molar-refractivity contribution >= 4 is 17.5 Å². The van der Waals surface area contributed by atoms with E-state index in [1.54, 1.807) is 19.2 Å². The highest BCUT2D eigenvalue weighted by Crippen LogP contribution is 2.33. The molecule has 1 amide bonds. The van der Waals surface area contributed by atoms with Crippen LogP contribution in [-0.2, 0) is 4.79 Å². The fourth-order valence-electron chi connectivity index (χ4n) is 1.92. The molecule has 0 aliphatic carbocycles. The summed E-state index contributed by atoms with van der Waals surface area (Å²) in [6, 6.07) is 5.36.